The molecule has 1 amide bonds. The number of carbonyl (C=O) groups is 2. The molecule has 6 heteroatoms. The Balaban J connectivity index is 2.25. The summed E-state index contributed by atoms with van der Waals surface area (Å²) in [7, 11) is 1.62. The summed E-state index contributed by atoms with van der Waals surface area (Å²) < 4.78 is 4.88. The minimum absolute atomic E-state index is 0.00724. The molecule has 0 aromatic carbocycles. The van der Waals surface area contributed by atoms with Gasteiger partial charge < -0.3 is 10.1 Å². The van der Waals surface area contributed by atoms with Crippen LogP contribution >= 0.6 is 0 Å². The van der Waals surface area contributed by atoms with Crippen molar-refractivity contribution >= 4 is 17.4 Å². The molecular formula is C11H19N3O3. The van der Waals surface area contributed by atoms with E-state index in [0.29, 0.717) is 31.7 Å². The average Bonchev–Trinajstić information content (AvgIpc) is 2.83. The smallest absolute Gasteiger partial charge is 0.244 e. The Bertz CT molecular complexity index is 315. The number of hydrogen-bond donors (Lipinski definition) is 2. The normalized spacial score (nSPS) is 18.5. The number of ketones is 1. The predicted molar refractivity (Wildman–Crippen MR) is 63.8 cm³/mol. The van der Waals surface area contributed by atoms with E-state index in [9.17, 15) is 9.59 Å². The van der Waals surface area contributed by atoms with Crippen LogP contribution in [0, 0.1) is 0 Å². The number of rotatable bonds is 7. The first-order valence-corrected chi connectivity index (χ1v) is 5.81. The number of carbonyl (C=O) groups excluding carboxylic acids is 2. The van der Waals surface area contributed by atoms with E-state index in [1.54, 1.807) is 14.0 Å². The molecule has 1 aliphatic heterocycles. The summed E-state index contributed by atoms with van der Waals surface area (Å²) in [6, 6.07) is -0.414. The van der Waals surface area contributed by atoms with Crippen molar-refractivity contribution in [1.82, 2.24) is 10.7 Å². The summed E-state index contributed by atoms with van der Waals surface area (Å²) in [5, 5.41) is 6.66. The Morgan fingerprint density at radius 3 is 3.00 bits per heavy atom. The number of amides is 1. The number of hydrazone groups is 1. The largest absolute Gasteiger partial charge is 0.385 e. The minimum Gasteiger partial charge on any atom is -0.385 e. The van der Waals surface area contributed by atoms with Gasteiger partial charge in [0, 0.05) is 33.1 Å². The molecule has 0 fully saturated rings. The molecule has 17 heavy (non-hydrogen) atoms. The van der Waals surface area contributed by atoms with Gasteiger partial charge >= 0.3 is 0 Å². The molecule has 1 heterocycles. The summed E-state index contributed by atoms with van der Waals surface area (Å²) in [5.74, 6) is -0.129. The van der Waals surface area contributed by atoms with E-state index in [1.165, 1.54) is 0 Å². The van der Waals surface area contributed by atoms with Gasteiger partial charge in [0.05, 0.1) is 0 Å². The Labute approximate surface area is 101 Å². The van der Waals surface area contributed by atoms with E-state index < -0.39 is 6.04 Å². The first-order chi connectivity index (χ1) is 8.19. The van der Waals surface area contributed by atoms with Gasteiger partial charge in [-0.1, -0.05) is 6.92 Å². The van der Waals surface area contributed by atoms with Gasteiger partial charge in [-0.15, -0.1) is 0 Å². The van der Waals surface area contributed by atoms with Crippen molar-refractivity contribution in [2.45, 2.75) is 32.2 Å². The van der Waals surface area contributed by atoms with E-state index >= 15 is 0 Å². The van der Waals surface area contributed by atoms with Crippen molar-refractivity contribution in [3.05, 3.63) is 0 Å². The van der Waals surface area contributed by atoms with Crippen LogP contribution in [0.5, 0.6) is 0 Å². The average molecular weight is 241 g/mol. The molecule has 0 spiro atoms. The molecule has 0 bridgehead atoms. The maximum Gasteiger partial charge on any atom is 0.244 e. The van der Waals surface area contributed by atoms with Crippen molar-refractivity contribution < 1.29 is 14.3 Å². The van der Waals surface area contributed by atoms with Gasteiger partial charge in [0.2, 0.25) is 5.91 Å². The molecular weight excluding hydrogens is 222 g/mol. The molecule has 0 saturated heterocycles. The van der Waals surface area contributed by atoms with Gasteiger partial charge in [0.1, 0.15) is 11.8 Å². The molecule has 0 radical (unpaired) electrons. The summed E-state index contributed by atoms with van der Waals surface area (Å²) in [6.45, 7) is 2.97. The highest BCUT2D eigenvalue weighted by molar-refractivity contribution is 6.40. The number of nitrogens with zero attached hydrogens (tertiary/aromatic N) is 1. The lowest BCUT2D eigenvalue weighted by molar-refractivity contribution is -0.122. The number of ether oxygens (including phenoxy) is 1. The molecule has 0 aromatic rings. The van der Waals surface area contributed by atoms with E-state index in [1.807, 2.05) is 0 Å². The zero-order valence-electron chi connectivity index (χ0n) is 10.3. The van der Waals surface area contributed by atoms with Crippen molar-refractivity contribution in [2.24, 2.45) is 5.10 Å². The minimum atomic E-state index is -0.414. The van der Waals surface area contributed by atoms with Crippen LogP contribution in [0.15, 0.2) is 5.10 Å². The fourth-order valence-electron chi connectivity index (χ4n) is 1.52. The third-order valence-corrected chi connectivity index (χ3v) is 2.54. The Hall–Kier alpha value is -1.43. The molecule has 1 rings (SSSR count). The van der Waals surface area contributed by atoms with Gasteiger partial charge in [0.15, 0.2) is 5.78 Å². The van der Waals surface area contributed by atoms with Gasteiger partial charge in [-0.2, -0.15) is 5.10 Å². The van der Waals surface area contributed by atoms with Crippen LogP contribution in [0.4, 0.5) is 0 Å². The highest BCUT2D eigenvalue weighted by Crippen LogP contribution is 2.05. The van der Waals surface area contributed by atoms with Crippen LogP contribution in [0.3, 0.4) is 0 Å². The van der Waals surface area contributed by atoms with Crippen molar-refractivity contribution in [1.29, 1.82) is 0 Å². The maximum absolute atomic E-state index is 11.7. The monoisotopic (exact) mass is 241 g/mol. The second-order valence-electron chi connectivity index (χ2n) is 3.86. The highest BCUT2D eigenvalue weighted by Gasteiger charge is 2.27. The van der Waals surface area contributed by atoms with Crippen LogP contribution in [0.1, 0.15) is 26.2 Å². The quantitative estimate of drug-likeness (QED) is 0.607. The fraction of sp³-hybridized carbons (Fsp3) is 0.727. The first kappa shape index (κ1) is 13.6. The number of nitrogens with one attached hydrogen (secondary N) is 2. The van der Waals surface area contributed by atoms with Crippen LogP contribution in [0.25, 0.3) is 0 Å². The van der Waals surface area contributed by atoms with Crippen molar-refractivity contribution in [2.75, 3.05) is 20.3 Å². The molecule has 2 N–H and O–H groups in total. The zero-order valence-corrected chi connectivity index (χ0v) is 10.3. The second-order valence-corrected chi connectivity index (χ2v) is 3.86. The topological polar surface area (TPSA) is 79.8 Å². The number of Topliss-reactive ketones (excluding diaryl/α,β-unsaturated/α-hetero) is 1. The van der Waals surface area contributed by atoms with Gasteiger partial charge in [0.25, 0.3) is 0 Å². The lowest BCUT2D eigenvalue weighted by atomic mass is 10.1. The standard InChI is InChI=1S/C11H19N3O3/c1-3-10(15)8-7-9(14-13-8)11(16)12-5-4-6-17-2/h9,14H,3-7H2,1-2H3,(H,12,16). The van der Waals surface area contributed by atoms with E-state index in [0.717, 1.165) is 6.42 Å². The van der Waals surface area contributed by atoms with Crippen molar-refractivity contribution in [3.8, 4) is 0 Å². The molecule has 6 nitrogen and oxygen atoms in total. The van der Waals surface area contributed by atoms with Crippen LogP contribution in [-0.2, 0) is 14.3 Å². The van der Waals surface area contributed by atoms with Crippen LogP contribution in [-0.4, -0.2) is 43.7 Å². The van der Waals surface area contributed by atoms with E-state index in [4.69, 9.17) is 4.74 Å². The van der Waals surface area contributed by atoms with Crippen LogP contribution in [0.2, 0.25) is 0 Å². The zero-order chi connectivity index (χ0) is 12.7. The SMILES string of the molecule is CCC(=O)C1=NNC(C(=O)NCCCOC)C1. The third kappa shape index (κ3) is 4.14. The fourth-order valence-corrected chi connectivity index (χ4v) is 1.52. The van der Waals surface area contributed by atoms with E-state index in [-0.39, 0.29) is 11.7 Å². The van der Waals surface area contributed by atoms with Gasteiger partial charge in [-0.25, -0.2) is 0 Å². The molecule has 96 valence electrons. The van der Waals surface area contributed by atoms with Gasteiger partial charge in [-0.3, -0.25) is 15.0 Å². The predicted octanol–water partition coefficient (Wildman–Crippen LogP) is -0.164. The first-order valence-electron chi connectivity index (χ1n) is 5.81. The number of methoxy groups -OCH3 is 1. The molecule has 0 aliphatic carbocycles. The Morgan fingerprint density at radius 1 is 1.59 bits per heavy atom. The molecule has 0 aromatic heterocycles. The Kier molecular flexibility index (Phi) is 5.62. The van der Waals surface area contributed by atoms with E-state index in [2.05, 4.69) is 15.8 Å². The second kappa shape index (κ2) is 7.01. The third-order valence-electron chi connectivity index (χ3n) is 2.54. The van der Waals surface area contributed by atoms with Gasteiger partial charge in [-0.05, 0) is 6.42 Å². The summed E-state index contributed by atoms with van der Waals surface area (Å²) in [5.41, 5.74) is 3.15. The molecule has 0 saturated carbocycles. The summed E-state index contributed by atoms with van der Waals surface area (Å²) in [4.78, 5) is 23.0. The molecule has 1 atom stereocenters. The number of hydrogen-bond acceptors (Lipinski definition) is 5. The van der Waals surface area contributed by atoms with Crippen LogP contribution < -0.4 is 10.7 Å². The lowest BCUT2D eigenvalue weighted by Gasteiger charge is -2.10. The summed E-state index contributed by atoms with van der Waals surface area (Å²) >= 11 is 0. The summed E-state index contributed by atoms with van der Waals surface area (Å²) in [6.07, 6.45) is 1.57. The van der Waals surface area contributed by atoms with Crippen molar-refractivity contribution in [3.63, 3.8) is 0 Å². The lowest BCUT2D eigenvalue weighted by Crippen LogP contribution is -2.40. The molecule has 1 aliphatic rings. The highest BCUT2D eigenvalue weighted by atomic mass is 16.5. The maximum atomic E-state index is 11.7. The Morgan fingerprint density at radius 2 is 2.35 bits per heavy atom. The molecule has 1 unspecified atom stereocenters.